The molecule has 2 N–H and O–H groups in total. The zero-order valence-electron chi connectivity index (χ0n) is 12.0. The first kappa shape index (κ1) is 15.2. The fourth-order valence-corrected chi connectivity index (χ4v) is 3.02. The summed E-state index contributed by atoms with van der Waals surface area (Å²) in [6.45, 7) is 2.94. The monoisotopic (exact) mass is 294 g/mol. The van der Waals surface area contributed by atoms with Gasteiger partial charge in [0.25, 0.3) is 0 Å². The van der Waals surface area contributed by atoms with Crippen molar-refractivity contribution in [3.05, 3.63) is 35.6 Å². The minimum Gasteiger partial charge on any atom is -0.362 e. The summed E-state index contributed by atoms with van der Waals surface area (Å²) in [7, 11) is 0. The van der Waals surface area contributed by atoms with E-state index in [9.17, 15) is 4.39 Å². The van der Waals surface area contributed by atoms with Gasteiger partial charge in [-0.1, -0.05) is 38.0 Å². The second-order valence-corrected chi connectivity index (χ2v) is 6.02. The lowest BCUT2D eigenvalue weighted by Gasteiger charge is -2.30. The predicted molar refractivity (Wildman–Crippen MR) is 85.3 cm³/mol. The van der Waals surface area contributed by atoms with Crippen molar-refractivity contribution in [2.24, 2.45) is 5.92 Å². The Labute approximate surface area is 126 Å². The molecule has 1 aliphatic rings. The van der Waals surface area contributed by atoms with Gasteiger partial charge in [-0.25, -0.2) is 4.39 Å². The molecule has 1 fully saturated rings. The second kappa shape index (κ2) is 7.58. The Bertz CT molecular complexity index is 450. The molecule has 0 spiro atoms. The number of thiocarbonyl (C=S) groups is 1. The van der Waals surface area contributed by atoms with E-state index in [1.807, 2.05) is 12.1 Å². The number of hydrogen-bond donors (Lipinski definition) is 2. The lowest BCUT2D eigenvalue weighted by molar-refractivity contribution is 0.308. The van der Waals surface area contributed by atoms with Gasteiger partial charge in [0.1, 0.15) is 5.82 Å². The van der Waals surface area contributed by atoms with E-state index < -0.39 is 0 Å². The maximum atomic E-state index is 13.5. The van der Waals surface area contributed by atoms with Gasteiger partial charge < -0.3 is 10.6 Å². The molecule has 2 atom stereocenters. The lowest BCUT2D eigenvalue weighted by atomic mass is 9.86. The van der Waals surface area contributed by atoms with E-state index in [0.29, 0.717) is 30.0 Å². The summed E-state index contributed by atoms with van der Waals surface area (Å²) < 4.78 is 13.5. The van der Waals surface area contributed by atoms with Crippen LogP contribution in [-0.4, -0.2) is 17.7 Å². The largest absolute Gasteiger partial charge is 0.362 e. The fraction of sp³-hybridized carbons (Fsp3) is 0.562. The van der Waals surface area contributed by atoms with Crippen molar-refractivity contribution in [2.45, 2.75) is 45.1 Å². The first-order valence-electron chi connectivity index (χ1n) is 7.44. The highest BCUT2D eigenvalue weighted by Crippen LogP contribution is 2.23. The van der Waals surface area contributed by atoms with E-state index in [0.717, 1.165) is 5.56 Å². The molecular weight excluding hydrogens is 271 g/mol. The van der Waals surface area contributed by atoms with E-state index in [-0.39, 0.29) is 5.82 Å². The van der Waals surface area contributed by atoms with Crippen molar-refractivity contribution in [3.63, 3.8) is 0 Å². The fourth-order valence-electron chi connectivity index (χ4n) is 2.76. The molecule has 0 radical (unpaired) electrons. The summed E-state index contributed by atoms with van der Waals surface area (Å²) in [6, 6.07) is 7.37. The van der Waals surface area contributed by atoms with Crippen LogP contribution in [0.3, 0.4) is 0 Å². The molecule has 4 heteroatoms. The normalized spacial score (nSPS) is 22.3. The van der Waals surface area contributed by atoms with Gasteiger partial charge in [-0.3, -0.25) is 0 Å². The molecule has 0 aromatic heterocycles. The predicted octanol–water partition coefficient (Wildman–Crippen LogP) is 3.41. The molecule has 1 aromatic carbocycles. The third-order valence-electron chi connectivity index (χ3n) is 4.07. The van der Waals surface area contributed by atoms with Gasteiger partial charge in [0.05, 0.1) is 0 Å². The van der Waals surface area contributed by atoms with Gasteiger partial charge in [0.2, 0.25) is 0 Å². The molecule has 110 valence electrons. The lowest BCUT2D eigenvalue weighted by Crippen LogP contribution is -2.46. The van der Waals surface area contributed by atoms with Crippen LogP contribution in [0, 0.1) is 11.7 Å². The molecule has 1 aromatic rings. The molecule has 20 heavy (non-hydrogen) atoms. The van der Waals surface area contributed by atoms with Crippen LogP contribution < -0.4 is 10.6 Å². The van der Waals surface area contributed by atoms with Crippen molar-refractivity contribution < 1.29 is 4.39 Å². The Morgan fingerprint density at radius 3 is 2.80 bits per heavy atom. The molecule has 1 saturated carbocycles. The van der Waals surface area contributed by atoms with Gasteiger partial charge in [-0.2, -0.15) is 0 Å². The zero-order chi connectivity index (χ0) is 14.4. The average Bonchev–Trinajstić information content (AvgIpc) is 2.43. The van der Waals surface area contributed by atoms with Gasteiger partial charge in [0.15, 0.2) is 5.11 Å². The minimum absolute atomic E-state index is 0.144. The number of hydrogen-bond acceptors (Lipinski definition) is 1. The van der Waals surface area contributed by atoms with Crippen molar-refractivity contribution in [2.75, 3.05) is 6.54 Å². The summed E-state index contributed by atoms with van der Waals surface area (Å²) >= 11 is 5.32. The van der Waals surface area contributed by atoms with Crippen molar-refractivity contribution in [1.82, 2.24) is 10.6 Å². The molecule has 0 amide bonds. The van der Waals surface area contributed by atoms with Crippen LogP contribution in [0.25, 0.3) is 0 Å². The molecular formula is C16H23FN2S. The van der Waals surface area contributed by atoms with Crippen LogP contribution in [-0.2, 0) is 6.42 Å². The average molecular weight is 294 g/mol. The smallest absolute Gasteiger partial charge is 0.166 e. The first-order chi connectivity index (χ1) is 9.66. The van der Waals surface area contributed by atoms with E-state index in [1.165, 1.54) is 31.7 Å². The summed E-state index contributed by atoms with van der Waals surface area (Å²) in [5, 5.41) is 7.27. The molecule has 0 bridgehead atoms. The van der Waals surface area contributed by atoms with E-state index in [2.05, 4.69) is 17.6 Å². The molecule has 0 saturated heterocycles. The van der Waals surface area contributed by atoms with Crippen LogP contribution >= 0.6 is 12.2 Å². The van der Waals surface area contributed by atoms with Crippen LogP contribution in [0.2, 0.25) is 0 Å². The molecule has 0 unspecified atom stereocenters. The van der Waals surface area contributed by atoms with Crippen molar-refractivity contribution in [1.29, 1.82) is 0 Å². The Hall–Kier alpha value is -1.16. The highest BCUT2D eigenvalue weighted by Gasteiger charge is 2.21. The first-order valence-corrected chi connectivity index (χ1v) is 7.85. The van der Waals surface area contributed by atoms with Crippen molar-refractivity contribution >= 4 is 17.3 Å². The topological polar surface area (TPSA) is 24.1 Å². The molecule has 2 nitrogen and oxygen atoms in total. The number of benzene rings is 1. The third kappa shape index (κ3) is 4.44. The van der Waals surface area contributed by atoms with Gasteiger partial charge in [0, 0.05) is 12.6 Å². The standard InChI is InChI=1S/C16H23FN2S/c1-12-6-2-5-9-15(12)19-16(20)18-11-10-13-7-3-4-8-14(13)17/h3-4,7-8,12,15H,2,5-6,9-11H2,1H3,(H2,18,19,20)/t12-,15-/m1/s1. The number of rotatable bonds is 4. The van der Waals surface area contributed by atoms with Crippen LogP contribution in [0.4, 0.5) is 4.39 Å². The number of nitrogens with one attached hydrogen (secondary N) is 2. The van der Waals surface area contributed by atoms with Crippen molar-refractivity contribution in [3.8, 4) is 0 Å². The molecule has 1 aliphatic carbocycles. The van der Waals surface area contributed by atoms with Crippen LogP contribution in [0.5, 0.6) is 0 Å². The van der Waals surface area contributed by atoms with Gasteiger partial charge >= 0.3 is 0 Å². The number of halogens is 1. The zero-order valence-corrected chi connectivity index (χ0v) is 12.8. The summed E-state index contributed by atoms with van der Waals surface area (Å²) in [5.74, 6) is 0.532. The minimum atomic E-state index is -0.144. The molecule has 2 rings (SSSR count). The van der Waals surface area contributed by atoms with Gasteiger partial charge in [-0.05, 0) is 49.0 Å². The highest BCUT2D eigenvalue weighted by molar-refractivity contribution is 7.80. The van der Waals surface area contributed by atoms with Crippen LogP contribution in [0.15, 0.2) is 24.3 Å². The van der Waals surface area contributed by atoms with E-state index >= 15 is 0 Å². The summed E-state index contributed by atoms with van der Waals surface area (Å²) in [4.78, 5) is 0. The van der Waals surface area contributed by atoms with E-state index in [1.54, 1.807) is 6.07 Å². The Kier molecular flexibility index (Phi) is 5.77. The van der Waals surface area contributed by atoms with Crippen LogP contribution in [0.1, 0.15) is 38.2 Å². The summed E-state index contributed by atoms with van der Waals surface area (Å²) in [6.07, 6.45) is 5.72. The summed E-state index contributed by atoms with van der Waals surface area (Å²) in [5.41, 5.74) is 0.730. The Morgan fingerprint density at radius 1 is 1.30 bits per heavy atom. The second-order valence-electron chi connectivity index (χ2n) is 5.61. The SMILES string of the molecule is C[C@@H]1CCCC[C@H]1NC(=S)NCCc1ccccc1F. The maximum absolute atomic E-state index is 13.5. The third-order valence-corrected chi connectivity index (χ3v) is 4.33. The van der Waals surface area contributed by atoms with E-state index in [4.69, 9.17) is 12.2 Å². The highest BCUT2D eigenvalue weighted by atomic mass is 32.1. The Morgan fingerprint density at radius 2 is 2.05 bits per heavy atom. The van der Waals surface area contributed by atoms with Gasteiger partial charge in [-0.15, -0.1) is 0 Å². The molecule has 0 heterocycles. The maximum Gasteiger partial charge on any atom is 0.166 e. The quantitative estimate of drug-likeness (QED) is 0.832. The molecule has 0 aliphatic heterocycles. The Balaban J connectivity index is 1.71.